The highest BCUT2D eigenvalue weighted by atomic mass is 14.9. The van der Waals surface area contributed by atoms with Gasteiger partial charge in [0.2, 0.25) is 0 Å². The summed E-state index contributed by atoms with van der Waals surface area (Å²) in [5, 5.41) is 9.80. The molecule has 0 aliphatic rings. The largest absolute Gasteiger partial charge is 0.308 e. The molecule has 3 aromatic heterocycles. The number of rotatable bonds is 3. The predicted molar refractivity (Wildman–Crippen MR) is 206 cm³/mol. The molecule has 0 bridgehead atoms. The van der Waals surface area contributed by atoms with Crippen LogP contribution in [0.5, 0.6) is 0 Å². The van der Waals surface area contributed by atoms with E-state index in [0.717, 1.165) is 38.6 Å². The summed E-state index contributed by atoms with van der Waals surface area (Å²) < 4.78 is 2.45. The van der Waals surface area contributed by atoms with Gasteiger partial charge in [-0.25, -0.2) is 4.98 Å². The number of nitrogens with zero attached hydrogens (tertiary/aromatic N) is 3. The molecule has 0 spiro atoms. The Morgan fingerprint density at radius 1 is 0.347 bits per heavy atom. The summed E-state index contributed by atoms with van der Waals surface area (Å²) in [6.07, 6.45) is 1.92. The molecule has 0 radical (unpaired) electrons. The first-order chi connectivity index (χ1) is 24.3. The average molecular weight is 622 g/mol. The normalized spacial score (nSPS) is 12.1. The van der Waals surface area contributed by atoms with Crippen LogP contribution in [-0.2, 0) is 0 Å². The summed E-state index contributed by atoms with van der Waals surface area (Å²) in [6, 6.07) is 56.9. The third kappa shape index (κ3) is 3.78. The van der Waals surface area contributed by atoms with Crippen molar-refractivity contribution in [1.29, 1.82) is 0 Å². The van der Waals surface area contributed by atoms with E-state index in [1.165, 1.54) is 65.6 Å². The van der Waals surface area contributed by atoms with Crippen LogP contribution in [-0.4, -0.2) is 14.4 Å². The quantitative estimate of drug-likeness (QED) is 0.184. The fourth-order valence-electron chi connectivity index (χ4n) is 8.09. The summed E-state index contributed by atoms with van der Waals surface area (Å²) in [4.78, 5) is 10.3. The molecule has 0 unspecified atom stereocenters. The number of hydrogen-bond acceptors (Lipinski definition) is 2. The molecule has 0 saturated carbocycles. The molecule has 0 fully saturated rings. The second kappa shape index (κ2) is 9.96. The Balaban J connectivity index is 1.06. The summed E-state index contributed by atoms with van der Waals surface area (Å²) in [5.41, 5.74) is 12.4. The molecule has 11 aromatic rings. The molecule has 3 nitrogen and oxygen atoms in total. The maximum absolute atomic E-state index is 5.25. The fraction of sp³-hybridized carbons (Fsp3) is 0. The van der Waals surface area contributed by atoms with E-state index in [2.05, 4.69) is 162 Å². The minimum atomic E-state index is 0.873. The van der Waals surface area contributed by atoms with E-state index in [-0.39, 0.29) is 0 Å². The predicted octanol–water partition coefficient (Wildman–Crippen LogP) is 12.1. The van der Waals surface area contributed by atoms with Gasteiger partial charge in [0, 0.05) is 37.9 Å². The Hall–Kier alpha value is -6.58. The van der Waals surface area contributed by atoms with Crippen molar-refractivity contribution in [1.82, 2.24) is 14.4 Å². The second-order valence-corrected chi connectivity index (χ2v) is 13.0. The molecule has 226 valence electrons. The Kier molecular flexibility index (Phi) is 5.38. The second-order valence-electron chi connectivity index (χ2n) is 13.0. The van der Waals surface area contributed by atoms with Gasteiger partial charge < -0.3 is 4.40 Å². The third-order valence-corrected chi connectivity index (χ3v) is 10.3. The Bertz CT molecular complexity index is 3060. The van der Waals surface area contributed by atoms with E-state index < -0.39 is 0 Å². The molecule has 3 heterocycles. The van der Waals surface area contributed by atoms with E-state index in [1.54, 1.807) is 0 Å². The highest BCUT2D eigenvalue weighted by molar-refractivity contribution is 6.24. The van der Waals surface area contributed by atoms with Gasteiger partial charge in [-0.15, -0.1) is 0 Å². The van der Waals surface area contributed by atoms with E-state index in [4.69, 9.17) is 9.97 Å². The SMILES string of the molecule is c1ccc(-c2ccc3c(c2)c2cccc4c5cc(-c6cccc(-c7cnc8c9ccccc9c9ccccc9c8n7)c6)ccc5n3c24)cc1. The van der Waals surface area contributed by atoms with E-state index in [1.807, 2.05) is 6.20 Å². The lowest BCUT2D eigenvalue weighted by molar-refractivity contribution is 1.31. The zero-order valence-corrected chi connectivity index (χ0v) is 26.4. The number of fused-ring (bicyclic) bond motifs is 12. The van der Waals surface area contributed by atoms with Crippen molar-refractivity contribution in [3.63, 3.8) is 0 Å². The van der Waals surface area contributed by atoms with Gasteiger partial charge in [0.1, 0.15) is 0 Å². The molecule has 0 aliphatic heterocycles. The molecule has 11 rings (SSSR count). The molecule has 0 saturated heterocycles. The Morgan fingerprint density at radius 3 is 1.55 bits per heavy atom. The smallest absolute Gasteiger partial charge is 0.0979 e. The summed E-state index contributed by atoms with van der Waals surface area (Å²) in [5.74, 6) is 0. The van der Waals surface area contributed by atoms with Gasteiger partial charge in [-0.3, -0.25) is 4.98 Å². The molecule has 0 aliphatic carbocycles. The van der Waals surface area contributed by atoms with Crippen LogP contribution >= 0.6 is 0 Å². The standard InChI is InChI=1S/C46H27N3/c1-2-10-28(11-3-1)30-20-22-42-39(25-30)37-18-9-19-38-40-26-31(21-23-43(40)49(42)46(37)38)29-12-8-13-32(24-29)41-27-47-44-35-16-6-4-14-33(35)34-15-5-7-17-36(34)45(44)48-41/h1-27H. The van der Waals surface area contributed by atoms with Crippen molar-refractivity contribution in [3.05, 3.63) is 164 Å². The van der Waals surface area contributed by atoms with Gasteiger partial charge in [-0.1, -0.05) is 127 Å². The highest BCUT2D eigenvalue weighted by Crippen LogP contribution is 2.42. The van der Waals surface area contributed by atoms with Crippen LogP contribution in [0.25, 0.3) is 104 Å². The van der Waals surface area contributed by atoms with Crippen molar-refractivity contribution >= 4 is 70.7 Å². The first kappa shape index (κ1) is 26.5. The van der Waals surface area contributed by atoms with Crippen molar-refractivity contribution in [2.75, 3.05) is 0 Å². The molecule has 49 heavy (non-hydrogen) atoms. The number of benzene rings is 8. The summed E-state index contributed by atoms with van der Waals surface area (Å²) in [6.45, 7) is 0. The van der Waals surface area contributed by atoms with E-state index in [0.29, 0.717) is 0 Å². The van der Waals surface area contributed by atoms with Crippen LogP contribution in [0.3, 0.4) is 0 Å². The van der Waals surface area contributed by atoms with Crippen molar-refractivity contribution < 1.29 is 0 Å². The lowest BCUT2D eigenvalue weighted by Crippen LogP contribution is -1.92. The topological polar surface area (TPSA) is 30.2 Å². The summed E-state index contributed by atoms with van der Waals surface area (Å²) in [7, 11) is 0. The van der Waals surface area contributed by atoms with Crippen LogP contribution in [0, 0.1) is 0 Å². The van der Waals surface area contributed by atoms with E-state index in [9.17, 15) is 0 Å². The molecule has 0 N–H and O–H groups in total. The molecular formula is C46H27N3. The van der Waals surface area contributed by atoms with Gasteiger partial charge in [-0.05, 0) is 63.4 Å². The summed E-state index contributed by atoms with van der Waals surface area (Å²) >= 11 is 0. The maximum atomic E-state index is 5.25. The number of para-hydroxylation sites is 1. The van der Waals surface area contributed by atoms with Crippen LogP contribution < -0.4 is 0 Å². The first-order valence-corrected chi connectivity index (χ1v) is 16.7. The zero-order chi connectivity index (χ0) is 32.1. The zero-order valence-electron chi connectivity index (χ0n) is 26.4. The molecular weight excluding hydrogens is 595 g/mol. The van der Waals surface area contributed by atoms with Gasteiger partial charge in [0.25, 0.3) is 0 Å². The number of hydrogen-bond donors (Lipinski definition) is 0. The van der Waals surface area contributed by atoms with Gasteiger partial charge in [0.05, 0.1) is 39.5 Å². The molecule has 0 amide bonds. The van der Waals surface area contributed by atoms with Crippen molar-refractivity contribution in [2.45, 2.75) is 0 Å². The maximum Gasteiger partial charge on any atom is 0.0979 e. The van der Waals surface area contributed by atoms with Crippen LogP contribution in [0.15, 0.2) is 164 Å². The van der Waals surface area contributed by atoms with Crippen LogP contribution in [0.2, 0.25) is 0 Å². The minimum Gasteiger partial charge on any atom is -0.308 e. The molecule has 8 aromatic carbocycles. The number of aromatic nitrogens is 3. The van der Waals surface area contributed by atoms with Gasteiger partial charge in [0.15, 0.2) is 0 Å². The Morgan fingerprint density at radius 2 is 0.857 bits per heavy atom. The lowest BCUT2D eigenvalue weighted by Gasteiger charge is -2.11. The average Bonchev–Trinajstić information content (AvgIpc) is 3.70. The lowest BCUT2D eigenvalue weighted by atomic mass is 9.98. The van der Waals surface area contributed by atoms with Gasteiger partial charge >= 0.3 is 0 Å². The van der Waals surface area contributed by atoms with E-state index >= 15 is 0 Å². The highest BCUT2D eigenvalue weighted by Gasteiger charge is 2.19. The van der Waals surface area contributed by atoms with Crippen LogP contribution in [0.1, 0.15) is 0 Å². The van der Waals surface area contributed by atoms with Crippen molar-refractivity contribution in [2.24, 2.45) is 0 Å². The first-order valence-electron chi connectivity index (χ1n) is 16.7. The minimum absolute atomic E-state index is 0.873. The Labute approximate surface area is 281 Å². The van der Waals surface area contributed by atoms with Crippen LogP contribution in [0.4, 0.5) is 0 Å². The monoisotopic (exact) mass is 621 g/mol. The molecule has 0 atom stereocenters. The van der Waals surface area contributed by atoms with Crippen molar-refractivity contribution in [3.8, 4) is 33.5 Å². The third-order valence-electron chi connectivity index (χ3n) is 10.3. The fourth-order valence-corrected chi connectivity index (χ4v) is 8.09. The molecule has 3 heteroatoms. The van der Waals surface area contributed by atoms with Gasteiger partial charge in [-0.2, -0.15) is 0 Å².